The van der Waals surface area contributed by atoms with Crippen molar-refractivity contribution >= 4 is 5.97 Å². The van der Waals surface area contributed by atoms with Gasteiger partial charge in [0.2, 0.25) is 0 Å². The van der Waals surface area contributed by atoms with Crippen molar-refractivity contribution in [3.05, 3.63) is 42.2 Å². The van der Waals surface area contributed by atoms with Gasteiger partial charge in [-0.05, 0) is 49.6 Å². The van der Waals surface area contributed by atoms with Gasteiger partial charge in [-0.1, -0.05) is 6.08 Å². The maximum atomic E-state index is 12.9. The molecule has 1 heterocycles. The van der Waals surface area contributed by atoms with Crippen LogP contribution in [0.1, 0.15) is 26.2 Å². The number of hydrogen-bond donors (Lipinski definition) is 0. The van der Waals surface area contributed by atoms with Crippen LogP contribution < -0.4 is 4.74 Å². The zero-order chi connectivity index (χ0) is 17.2. The van der Waals surface area contributed by atoms with E-state index in [0.717, 1.165) is 25.9 Å². The third-order valence-electron chi connectivity index (χ3n) is 3.41. The molecule has 0 aliphatic carbocycles. The predicted octanol–water partition coefficient (Wildman–Crippen LogP) is 3.24. The number of esters is 1. The van der Waals surface area contributed by atoms with Gasteiger partial charge in [0, 0.05) is 13.5 Å². The van der Waals surface area contributed by atoms with Gasteiger partial charge in [-0.2, -0.15) is 0 Å². The molecule has 2 atom stereocenters. The molecule has 0 radical (unpaired) electrons. The quantitative estimate of drug-likeness (QED) is 0.538. The lowest BCUT2D eigenvalue weighted by atomic mass is 10.2. The number of ether oxygens (including phenoxy) is 4. The van der Waals surface area contributed by atoms with E-state index in [9.17, 15) is 9.18 Å². The third-order valence-corrected chi connectivity index (χ3v) is 3.41. The first-order valence-electron chi connectivity index (χ1n) is 8.09. The van der Waals surface area contributed by atoms with Crippen molar-refractivity contribution in [2.45, 2.75) is 38.6 Å². The molecule has 24 heavy (non-hydrogen) atoms. The van der Waals surface area contributed by atoms with E-state index < -0.39 is 12.1 Å². The van der Waals surface area contributed by atoms with Crippen molar-refractivity contribution in [2.24, 2.45) is 0 Å². The fourth-order valence-corrected chi connectivity index (χ4v) is 2.26. The van der Waals surface area contributed by atoms with Crippen LogP contribution in [0.3, 0.4) is 0 Å². The molecule has 0 spiro atoms. The van der Waals surface area contributed by atoms with E-state index >= 15 is 0 Å². The maximum Gasteiger partial charge on any atom is 0.303 e. The Balaban J connectivity index is 1.77. The van der Waals surface area contributed by atoms with Gasteiger partial charge in [0.05, 0.1) is 6.61 Å². The standard InChI is InChI=1S/C18H23FO5/c1-14(20)24-17(13-23-16-9-7-15(19)8-10-16)5-4-12-22-18-6-2-3-11-21-18/h4-5,7-10,17-18H,2-3,6,11-13H2,1H3/b5-4+. The zero-order valence-corrected chi connectivity index (χ0v) is 13.8. The van der Waals surface area contributed by atoms with E-state index in [2.05, 4.69) is 0 Å². The summed E-state index contributed by atoms with van der Waals surface area (Å²) in [6.07, 6.45) is 5.87. The molecule has 1 aliphatic rings. The van der Waals surface area contributed by atoms with E-state index in [-0.39, 0.29) is 18.7 Å². The van der Waals surface area contributed by atoms with Crippen molar-refractivity contribution in [1.29, 1.82) is 0 Å². The lowest BCUT2D eigenvalue weighted by Gasteiger charge is -2.22. The highest BCUT2D eigenvalue weighted by Crippen LogP contribution is 2.14. The lowest BCUT2D eigenvalue weighted by molar-refractivity contribution is -0.155. The maximum absolute atomic E-state index is 12.9. The molecule has 0 amide bonds. The van der Waals surface area contributed by atoms with Crippen LogP contribution in [0.15, 0.2) is 36.4 Å². The number of hydrogen-bond acceptors (Lipinski definition) is 5. The highest BCUT2D eigenvalue weighted by Gasteiger charge is 2.13. The largest absolute Gasteiger partial charge is 0.489 e. The second-order valence-electron chi connectivity index (χ2n) is 5.47. The summed E-state index contributed by atoms with van der Waals surface area (Å²) in [4.78, 5) is 11.2. The van der Waals surface area contributed by atoms with Crippen LogP contribution >= 0.6 is 0 Å². The summed E-state index contributed by atoms with van der Waals surface area (Å²) in [5.41, 5.74) is 0. The predicted molar refractivity (Wildman–Crippen MR) is 86.1 cm³/mol. The second kappa shape index (κ2) is 10.1. The summed E-state index contributed by atoms with van der Waals surface area (Å²) in [7, 11) is 0. The van der Waals surface area contributed by atoms with E-state index in [1.165, 1.54) is 31.2 Å². The van der Waals surface area contributed by atoms with Gasteiger partial charge in [-0.3, -0.25) is 4.79 Å². The normalized spacial score (nSPS) is 19.2. The van der Waals surface area contributed by atoms with Crippen LogP contribution in [0.5, 0.6) is 5.75 Å². The topological polar surface area (TPSA) is 54.0 Å². The Labute approximate surface area is 141 Å². The minimum Gasteiger partial charge on any atom is -0.489 e. The van der Waals surface area contributed by atoms with E-state index in [4.69, 9.17) is 18.9 Å². The molecule has 1 aliphatic heterocycles. The fraction of sp³-hybridized carbons (Fsp3) is 0.500. The first-order valence-corrected chi connectivity index (χ1v) is 8.09. The summed E-state index contributed by atoms with van der Waals surface area (Å²) in [5.74, 6) is -0.224. The molecular weight excluding hydrogens is 315 g/mol. The van der Waals surface area contributed by atoms with E-state index in [1.54, 1.807) is 12.2 Å². The van der Waals surface area contributed by atoms with E-state index in [0.29, 0.717) is 12.4 Å². The smallest absolute Gasteiger partial charge is 0.303 e. The van der Waals surface area contributed by atoms with E-state index in [1.807, 2.05) is 0 Å². The van der Waals surface area contributed by atoms with Crippen molar-refractivity contribution < 1.29 is 28.1 Å². The monoisotopic (exact) mass is 338 g/mol. The summed E-state index contributed by atoms with van der Waals surface area (Å²) >= 11 is 0. The van der Waals surface area contributed by atoms with Crippen LogP contribution in [-0.4, -0.2) is 38.2 Å². The molecule has 2 unspecified atom stereocenters. The fourth-order valence-electron chi connectivity index (χ4n) is 2.26. The van der Waals surface area contributed by atoms with Crippen LogP contribution in [0.2, 0.25) is 0 Å². The van der Waals surface area contributed by atoms with Crippen molar-refractivity contribution in [3.8, 4) is 5.75 Å². The van der Waals surface area contributed by atoms with Crippen LogP contribution in [0, 0.1) is 5.82 Å². The number of halogens is 1. The molecule has 0 bridgehead atoms. The first-order chi connectivity index (χ1) is 11.6. The highest BCUT2D eigenvalue weighted by molar-refractivity contribution is 5.66. The minimum atomic E-state index is -0.538. The Bertz CT molecular complexity index is 523. The number of benzene rings is 1. The summed E-state index contributed by atoms with van der Waals surface area (Å²) in [5, 5.41) is 0. The molecule has 1 aromatic rings. The Morgan fingerprint density at radius 2 is 2.17 bits per heavy atom. The molecule has 2 rings (SSSR count). The van der Waals surface area contributed by atoms with Gasteiger partial charge in [0.1, 0.15) is 18.2 Å². The number of carbonyl (C=O) groups is 1. The molecule has 1 fully saturated rings. The molecule has 5 nitrogen and oxygen atoms in total. The van der Waals surface area contributed by atoms with Gasteiger partial charge >= 0.3 is 5.97 Å². The summed E-state index contributed by atoms with van der Waals surface area (Å²) in [6.45, 7) is 2.59. The Morgan fingerprint density at radius 3 is 2.83 bits per heavy atom. The highest BCUT2D eigenvalue weighted by atomic mass is 19.1. The van der Waals surface area contributed by atoms with Gasteiger partial charge in [-0.15, -0.1) is 0 Å². The summed E-state index contributed by atoms with van der Waals surface area (Å²) in [6, 6.07) is 5.66. The molecule has 0 saturated carbocycles. The second-order valence-corrected chi connectivity index (χ2v) is 5.47. The van der Waals surface area contributed by atoms with Crippen LogP contribution in [0.25, 0.3) is 0 Å². The number of rotatable bonds is 8. The molecular formula is C18H23FO5. The third kappa shape index (κ3) is 7.10. The average Bonchev–Trinajstić information content (AvgIpc) is 2.58. The molecule has 132 valence electrons. The molecule has 0 N–H and O–H groups in total. The molecule has 1 saturated heterocycles. The van der Waals surface area contributed by atoms with Crippen molar-refractivity contribution in [2.75, 3.05) is 19.8 Å². The Hall–Kier alpha value is -1.92. The molecule has 1 aromatic carbocycles. The Morgan fingerprint density at radius 1 is 1.38 bits per heavy atom. The Kier molecular flexibility index (Phi) is 7.71. The minimum absolute atomic E-state index is 0.141. The van der Waals surface area contributed by atoms with Gasteiger partial charge in [0.25, 0.3) is 0 Å². The van der Waals surface area contributed by atoms with Gasteiger partial charge in [0.15, 0.2) is 12.4 Å². The SMILES string of the molecule is CC(=O)OC(/C=C/COC1CCCCO1)COc1ccc(F)cc1. The lowest BCUT2D eigenvalue weighted by Crippen LogP contribution is -2.23. The van der Waals surface area contributed by atoms with Crippen molar-refractivity contribution in [1.82, 2.24) is 0 Å². The van der Waals surface area contributed by atoms with Crippen LogP contribution in [-0.2, 0) is 19.0 Å². The zero-order valence-electron chi connectivity index (χ0n) is 13.8. The van der Waals surface area contributed by atoms with Crippen molar-refractivity contribution in [3.63, 3.8) is 0 Å². The molecule has 6 heteroatoms. The van der Waals surface area contributed by atoms with Crippen LogP contribution in [0.4, 0.5) is 4.39 Å². The van der Waals surface area contributed by atoms with Gasteiger partial charge in [-0.25, -0.2) is 4.39 Å². The van der Waals surface area contributed by atoms with Gasteiger partial charge < -0.3 is 18.9 Å². The first kappa shape index (κ1) is 18.4. The average molecular weight is 338 g/mol. The molecule has 0 aromatic heterocycles. The number of carbonyl (C=O) groups excluding carboxylic acids is 1. The summed E-state index contributed by atoms with van der Waals surface area (Å²) < 4.78 is 34.6.